The zero-order valence-electron chi connectivity index (χ0n) is 23.6. The first-order valence-corrected chi connectivity index (χ1v) is 13.0. The SMILES string of the molecule is Cc1cc(F)ccc1[C@@H]1CN(C(=O)OC(C)(C)C)CC[C@@H]1N(C)C(=O)[C@@H](C)c1cc(C(F)(F)F)cc(C(F)(F)F)c1. The summed E-state index contributed by atoms with van der Waals surface area (Å²) in [6, 6.07) is 4.63. The van der Waals surface area contributed by atoms with Gasteiger partial charge in [-0.3, -0.25) is 4.79 Å². The van der Waals surface area contributed by atoms with Crippen LogP contribution < -0.4 is 0 Å². The number of hydrogen-bond acceptors (Lipinski definition) is 3. The maximum atomic E-state index is 13.9. The predicted molar refractivity (Wildman–Crippen MR) is 138 cm³/mol. The van der Waals surface area contributed by atoms with Crippen molar-refractivity contribution in [3.05, 3.63) is 70.0 Å². The van der Waals surface area contributed by atoms with E-state index in [1.807, 2.05) is 0 Å². The molecule has 0 N–H and O–H groups in total. The van der Waals surface area contributed by atoms with Gasteiger partial charge < -0.3 is 14.5 Å². The Labute approximate surface area is 234 Å². The third kappa shape index (κ3) is 7.71. The number of carbonyl (C=O) groups is 2. The van der Waals surface area contributed by atoms with Crippen LogP contribution >= 0.6 is 0 Å². The zero-order chi connectivity index (χ0) is 31.1. The van der Waals surface area contributed by atoms with Gasteiger partial charge in [0.1, 0.15) is 11.4 Å². The summed E-state index contributed by atoms with van der Waals surface area (Å²) in [6.45, 7) is 8.35. The third-order valence-corrected chi connectivity index (χ3v) is 7.18. The lowest BCUT2D eigenvalue weighted by atomic mass is 9.82. The minimum absolute atomic E-state index is 0.0180. The summed E-state index contributed by atoms with van der Waals surface area (Å²) in [6.07, 6.45) is -10.4. The minimum Gasteiger partial charge on any atom is -0.444 e. The number of rotatable bonds is 4. The summed E-state index contributed by atoms with van der Waals surface area (Å²) in [5.74, 6) is -3.06. The topological polar surface area (TPSA) is 49.9 Å². The number of likely N-dealkylation sites (N-methyl/N-ethyl adjacent to an activating group) is 1. The molecule has 2 aromatic carbocycles. The van der Waals surface area contributed by atoms with Crippen molar-refractivity contribution in [2.24, 2.45) is 0 Å². The molecule has 41 heavy (non-hydrogen) atoms. The summed E-state index contributed by atoms with van der Waals surface area (Å²) in [4.78, 5) is 29.2. The summed E-state index contributed by atoms with van der Waals surface area (Å²) >= 11 is 0. The number of amides is 2. The van der Waals surface area contributed by atoms with Crippen LogP contribution in [0.3, 0.4) is 0 Å². The molecule has 0 aromatic heterocycles. The first kappa shape index (κ1) is 32.2. The van der Waals surface area contributed by atoms with Crippen molar-refractivity contribution in [3.63, 3.8) is 0 Å². The Kier molecular flexibility index (Phi) is 9.05. The van der Waals surface area contributed by atoms with Gasteiger partial charge in [0, 0.05) is 32.1 Å². The number of hydrogen-bond donors (Lipinski definition) is 0. The number of halogens is 7. The van der Waals surface area contributed by atoms with Gasteiger partial charge in [-0.1, -0.05) is 6.07 Å². The number of benzene rings is 2. The van der Waals surface area contributed by atoms with E-state index in [2.05, 4.69) is 0 Å². The standard InChI is InChI=1S/C29H33F7N2O3/c1-16-11-21(30)7-8-22(16)23-15-38(26(40)41-27(3,4)5)10-9-24(23)37(6)25(39)17(2)18-12-19(28(31,32)33)14-20(13-18)29(34,35)36/h7-8,11-14,17,23-24H,9-10,15H2,1-6H3/t17-,23-,24-/m0/s1. The Morgan fingerprint density at radius 2 is 1.54 bits per heavy atom. The molecule has 5 nitrogen and oxygen atoms in total. The minimum atomic E-state index is -5.05. The molecule has 0 aliphatic carbocycles. The predicted octanol–water partition coefficient (Wildman–Crippen LogP) is 7.53. The molecule has 226 valence electrons. The smallest absolute Gasteiger partial charge is 0.416 e. The molecular weight excluding hydrogens is 557 g/mol. The number of likely N-dealkylation sites (tertiary alicyclic amines) is 1. The number of nitrogens with zero attached hydrogens (tertiary/aromatic N) is 2. The number of piperidine rings is 1. The van der Waals surface area contributed by atoms with E-state index >= 15 is 0 Å². The van der Waals surface area contributed by atoms with Gasteiger partial charge in [0.05, 0.1) is 17.0 Å². The van der Waals surface area contributed by atoms with E-state index in [9.17, 15) is 40.3 Å². The second-order valence-electron chi connectivity index (χ2n) is 11.4. The van der Waals surface area contributed by atoms with Gasteiger partial charge >= 0.3 is 18.4 Å². The largest absolute Gasteiger partial charge is 0.444 e. The van der Waals surface area contributed by atoms with E-state index < -0.39 is 70.3 Å². The number of aryl methyl sites for hydroxylation is 1. The van der Waals surface area contributed by atoms with Crippen molar-refractivity contribution in [1.29, 1.82) is 0 Å². The van der Waals surface area contributed by atoms with E-state index in [1.54, 1.807) is 33.8 Å². The third-order valence-electron chi connectivity index (χ3n) is 7.18. The molecule has 1 fully saturated rings. The quantitative estimate of drug-likeness (QED) is 0.346. The summed E-state index contributed by atoms with van der Waals surface area (Å²) in [7, 11) is 1.43. The Bertz CT molecular complexity index is 1250. The van der Waals surface area contributed by atoms with Gasteiger partial charge in [-0.05, 0) is 88.1 Å². The second-order valence-corrected chi connectivity index (χ2v) is 11.4. The molecule has 1 aliphatic heterocycles. The van der Waals surface area contributed by atoms with Crippen LogP contribution in [0, 0.1) is 12.7 Å². The monoisotopic (exact) mass is 590 g/mol. The van der Waals surface area contributed by atoms with Crippen molar-refractivity contribution in [3.8, 4) is 0 Å². The Morgan fingerprint density at radius 1 is 0.976 bits per heavy atom. The fraction of sp³-hybridized carbons (Fsp3) is 0.517. The molecule has 2 aromatic rings. The fourth-order valence-electron chi connectivity index (χ4n) is 5.10. The molecule has 0 radical (unpaired) electrons. The lowest BCUT2D eigenvalue weighted by molar-refractivity contribution is -0.143. The van der Waals surface area contributed by atoms with Crippen LogP contribution in [-0.2, 0) is 21.9 Å². The highest BCUT2D eigenvalue weighted by Crippen LogP contribution is 2.39. The fourth-order valence-corrected chi connectivity index (χ4v) is 5.10. The van der Waals surface area contributed by atoms with Crippen molar-refractivity contribution < 1.29 is 45.1 Å². The molecule has 1 heterocycles. The van der Waals surface area contributed by atoms with Crippen LogP contribution in [0.4, 0.5) is 35.5 Å². The Balaban J connectivity index is 1.97. The lowest BCUT2D eigenvalue weighted by Gasteiger charge is -2.44. The average Bonchev–Trinajstić information content (AvgIpc) is 2.84. The van der Waals surface area contributed by atoms with E-state index in [0.717, 1.165) is 0 Å². The highest BCUT2D eigenvalue weighted by atomic mass is 19.4. The van der Waals surface area contributed by atoms with E-state index in [-0.39, 0.29) is 25.6 Å². The molecule has 3 rings (SSSR count). The van der Waals surface area contributed by atoms with E-state index in [1.165, 1.54) is 35.9 Å². The van der Waals surface area contributed by atoms with Crippen LogP contribution in [0.5, 0.6) is 0 Å². The molecule has 0 spiro atoms. The Hall–Kier alpha value is -3.31. The molecule has 2 amide bonds. The van der Waals surface area contributed by atoms with Gasteiger partial charge in [-0.15, -0.1) is 0 Å². The highest BCUT2D eigenvalue weighted by molar-refractivity contribution is 5.83. The average molecular weight is 591 g/mol. The second kappa shape index (κ2) is 11.5. The number of alkyl halides is 6. The lowest BCUT2D eigenvalue weighted by Crippen LogP contribution is -2.53. The van der Waals surface area contributed by atoms with Crippen LogP contribution in [0.2, 0.25) is 0 Å². The van der Waals surface area contributed by atoms with E-state index in [4.69, 9.17) is 4.74 Å². The summed E-state index contributed by atoms with van der Waals surface area (Å²) < 4.78 is 100.0. The van der Waals surface area contributed by atoms with Crippen LogP contribution in [0.15, 0.2) is 36.4 Å². The van der Waals surface area contributed by atoms with Gasteiger partial charge in [-0.2, -0.15) is 26.3 Å². The first-order valence-electron chi connectivity index (χ1n) is 13.0. The van der Waals surface area contributed by atoms with Gasteiger partial charge in [0.15, 0.2) is 0 Å². The van der Waals surface area contributed by atoms with Crippen molar-refractivity contribution in [1.82, 2.24) is 9.80 Å². The molecule has 0 unspecified atom stereocenters. The van der Waals surface area contributed by atoms with Crippen molar-refractivity contribution in [2.75, 3.05) is 20.1 Å². The normalized spacial score (nSPS) is 19.1. The van der Waals surface area contributed by atoms with Crippen molar-refractivity contribution in [2.45, 2.75) is 76.9 Å². The molecular formula is C29H33F7N2O3. The van der Waals surface area contributed by atoms with Gasteiger partial charge in [-0.25, -0.2) is 9.18 Å². The number of carbonyl (C=O) groups excluding carboxylic acids is 2. The summed E-state index contributed by atoms with van der Waals surface area (Å²) in [5, 5.41) is 0. The summed E-state index contributed by atoms with van der Waals surface area (Å²) in [5.41, 5.74) is -2.99. The van der Waals surface area contributed by atoms with Crippen LogP contribution in [0.25, 0.3) is 0 Å². The molecule has 0 saturated carbocycles. The Morgan fingerprint density at radius 3 is 2.02 bits per heavy atom. The van der Waals surface area contributed by atoms with Crippen LogP contribution in [-0.4, -0.2) is 53.6 Å². The number of ether oxygens (including phenoxy) is 1. The van der Waals surface area contributed by atoms with Gasteiger partial charge in [0.2, 0.25) is 5.91 Å². The van der Waals surface area contributed by atoms with Crippen LogP contribution in [0.1, 0.15) is 73.8 Å². The maximum absolute atomic E-state index is 13.9. The van der Waals surface area contributed by atoms with Crippen molar-refractivity contribution >= 4 is 12.0 Å². The maximum Gasteiger partial charge on any atom is 0.416 e. The first-order chi connectivity index (χ1) is 18.7. The van der Waals surface area contributed by atoms with Gasteiger partial charge in [0.25, 0.3) is 0 Å². The zero-order valence-corrected chi connectivity index (χ0v) is 23.6. The molecule has 0 bridgehead atoms. The van der Waals surface area contributed by atoms with E-state index in [0.29, 0.717) is 23.3 Å². The molecule has 3 atom stereocenters. The molecule has 1 aliphatic rings. The molecule has 1 saturated heterocycles. The molecule has 12 heteroatoms. The highest BCUT2D eigenvalue weighted by Gasteiger charge is 2.41.